The third-order valence-corrected chi connectivity index (χ3v) is 2.50. The summed E-state index contributed by atoms with van der Waals surface area (Å²) in [4.78, 5) is 0. The summed E-state index contributed by atoms with van der Waals surface area (Å²) in [7, 11) is 0. The minimum absolute atomic E-state index is 0.465. The van der Waals surface area contributed by atoms with Crippen molar-refractivity contribution < 1.29 is 0 Å². The number of hydrogen-bond acceptors (Lipinski definition) is 1. The standard InChI is InChI=1S/C16H13N/c17-12-11-16-8-4-7-15(13-16)10-9-14-5-2-1-3-6-14/h1-10,13H,11H2/b10-9+. The van der Waals surface area contributed by atoms with E-state index in [2.05, 4.69) is 30.4 Å². The Balaban J connectivity index is 2.16. The van der Waals surface area contributed by atoms with E-state index in [0.717, 1.165) is 11.1 Å². The molecule has 2 aromatic carbocycles. The van der Waals surface area contributed by atoms with E-state index in [-0.39, 0.29) is 0 Å². The first-order chi connectivity index (χ1) is 8.38. The first-order valence-corrected chi connectivity index (χ1v) is 5.57. The molecule has 0 bridgehead atoms. The summed E-state index contributed by atoms with van der Waals surface area (Å²) in [6.45, 7) is 0. The van der Waals surface area contributed by atoms with Crippen molar-refractivity contribution in [2.45, 2.75) is 6.42 Å². The summed E-state index contributed by atoms with van der Waals surface area (Å²) >= 11 is 0. The Kier molecular flexibility index (Phi) is 3.72. The third-order valence-electron chi connectivity index (χ3n) is 2.50. The van der Waals surface area contributed by atoms with Crippen LogP contribution in [0.1, 0.15) is 16.7 Å². The molecular formula is C16H13N. The van der Waals surface area contributed by atoms with Crippen LogP contribution < -0.4 is 0 Å². The molecule has 0 heterocycles. The van der Waals surface area contributed by atoms with Gasteiger partial charge in [-0.25, -0.2) is 0 Å². The Labute approximate surface area is 102 Å². The number of rotatable bonds is 3. The fourth-order valence-electron chi connectivity index (χ4n) is 1.65. The van der Waals surface area contributed by atoms with E-state index in [1.807, 2.05) is 42.5 Å². The highest BCUT2D eigenvalue weighted by molar-refractivity contribution is 5.69. The van der Waals surface area contributed by atoms with E-state index < -0.39 is 0 Å². The molecule has 2 rings (SSSR count). The second kappa shape index (κ2) is 5.67. The van der Waals surface area contributed by atoms with E-state index in [4.69, 9.17) is 5.26 Å². The topological polar surface area (TPSA) is 23.8 Å². The van der Waals surface area contributed by atoms with Crippen LogP contribution >= 0.6 is 0 Å². The van der Waals surface area contributed by atoms with Crippen LogP contribution in [0.25, 0.3) is 12.2 Å². The van der Waals surface area contributed by atoms with Crippen LogP contribution in [0.5, 0.6) is 0 Å². The summed E-state index contributed by atoms with van der Waals surface area (Å²) in [5.74, 6) is 0. The van der Waals surface area contributed by atoms with Crippen molar-refractivity contribution in [2.75, 3.05) is 0 Å². The van der Waals surface area contributed by atoms with Gasteiger partial charge in [0.15, 0.2) is 0 Å². The molecule has 0 saturated heterocycles. The van der Waals surface area contributed by atoms with Crippen LogP contribution in [-0.4, -0.2) is 0 Å². The monoisotopic (exact) mass is 219 g/mol. The van der Waals surface area contributed by atoms with Crippen LogP contribution in [-0.2, 0) is 6.42 Å². The molecule has 17 heavy (non-hydrogen) atoms. The second-order valence-corrected chi connectivity index (χ2v) is 3.82. The lowest BCUT2D eigenvalue weighted by Crippen LogP contribution is -1.81. The molecule has 2 aromatic rings. The van der Waals surface area contributed by atoms with Gasteiger partial charge in [0.25, 0.3) is 0 Å². The van der Waals surface area contributed by atoms with Gasteiger partial charge in [-0.2, -0.15) is 5.26 Å². The Morgan fingerprint density at radius 2 is 1.59 bits per heavy atom. The van der Waals surface area contributed by atoms with Crippen LogP contribution in [0.3, 0.4) is 0 Å². The number of hydrogen-bond donors (Lipinski definition) is 0. The van der Waals surface area contributed by atoms with Crippen LogP contribution in [0, 0.1) is 11.3 Å². The fraction of sp³-hybridized carbons (Fsp3) is 0.0625. The highest BCUT2D eigenvalue weighted by atomic mass is 14.2. The molecular weight excluding hydrogens is 206 g/mol. The van der Waals surface area contributed by atoms with Gasteiger partial charge in [0.05, 0.1) is 12.5 Å². The fourth-order valence-corrected chi connectivity index (χ4v) is 1.65. The van der Waals surface area contributed by atoms with E-state index in [1.54, 1.807) is 0 Å². The highest BCUT2D eigenvalue weighted by Gasteiger charge is 1.92. The zero-order valence-corrected chi connectivity index (χ0v) is 9.51. The maximum Gasteiger partial charge on any atom is 0.0669 e. The van der Waals surface area contributed by atoms with Crippen LogP contribution in [0.15, 0.2) is 54.6 Å². The summed E-state index contributed by atoms with van der Waals surface area (Å²) in [5.41, 5.74) is 3.36. The molecule has 0 aliphatic carbocycles. The minimum atomic E-state index is 0.465. The Hall–Kier alpha value is -2.33. The lowest BCUT2D eigenvalue weighted by Gasteiger charge is -1.97. The predicted molar refractivity (Wildman–Crippen MR) is 71.1 cm³/mol. The van der Waals surface area contributed by atoms with E-state index in [1.165, 1.54) is 5.56 Å². The normalized spacial score (nSPS) is 10.3. The minimum Gasteiger partial charge on any atom is -0.198 e. The number of benzene rings is 2. The molecule has 1 nitrogen and oxygen atoms in total. The lowest BCUT2D eigenvalue weighted by atomic mass is 10.1. The van der Waals surface area contributed by atoms with E-state index >= 15 is 0 Å². The molecule has 0 amide bonds. The van der Waals surface area contributed by atoms with Gasteiger partial charge >= 0.3 is 0 Å². The summed E-state index contributed by atoms with van der Waals surface area (Å²) in [6.07, 6.45) is 4.61. The molecule has 1 heteroatoms. The smallest absolute Gasteiger partial charge is 0.0669 e. The zero-order valence-electron chi connectivity index (χ0n) is 9.51. The van der Waals surface area contributed by atoms with Gasteiger partial charge in [-0.15, -0.1) is 0 Å². The van der Waals surface area contributed by atoms with E-state index in [0.29, 0.717) is 6.42 Å². The van der Waals surface area contributed by atoms with Crippen molar-refractivity contribution in [3.05, 3.63) is 71.3 Å². The molecule has 0 spiro atoms. The first-order valence-electron chi connectivity index (χ1n) is 5.57. The predicted octanol–water partition coefficient (Wildman–Crippen LogP) is 3.92. The van der Waals surface area contributed by atoms with Crippen molar-refractivity contribution in [3.8, 4) is 6.07 Å². The molecule has 0 aliphatic rings. The molecule has 0 N–H and O–H groups in total. The van der Waals surface area contributed by atoms with Gasteiger partial charge in [-0.05, 0) is 16.7 Å². The highest BCUT2D eigenvalue weighted by Crippen LogP contribution is 2.10. The summed E-state index contributed by atoms with van der Waals surface area (Å²) < 4.78 is 0. The first kappa shape index (κ1) is 11.2. The molecule has 0 atom stereocenters. The van der Waals surface area contributed by atoms with Crippen LogP contribution in [0.2, 0.25) is 0 Å². The molecule has 0 unspecified atom stereocenters. The largest absolute Gasteiger partial charge is 0.198 e. The van der Waals surface area contributed by atoms with Gasteiger partial charge in [0.2, 0.25) is 0 Å². The molecule has 0 fully saturated rings. The summed E-state index contributed by atoms with van der Waals surface area (Å²) in [6, 6.07) is 20.4. The molecule has 0 aliphatic heterocycles. The average molecular weight is 219 g/mol. The SMILES string of the molecule is N#CCc1cccc(/C=C/c2ccccc2)c1. The molecule has 0 aromatic heterocycles. The Morgan fingerprint density at radius 3 is 2.35 bits per heavy atom. The number of nitriles is 1. The molecule has 0 radical (unpaired) electrons. The zero-order chi connectivity index (χ0) is 11.9. The molecule has 82 valence electrons. The maximum atomic E-state index is 8.65. The summed E-state index contributed by atoms with van der Waals surface area (Å²) in [5, 5.41) is 8.65. The quantitative estimate of drug-likeness (QED) is 0.718. The number of nitrogens with zero attached hydrogens (tertiary/aromatic N) is 1. The van der Waals surface area contributed by atoms with Crippen molar-refractivity contribution in [1.29, 1.82) is 5.26 Å². The van der Waals surface area contributed by atoms with Crippen LogP contribution in [0.4, 0.5) is 0 Å². The van der Waals surface area contributed by atoms with Gasteiger partial charge < -0.3 is 0 Å². The van der Waals surface area contributed by atoms with Gasteiger partial charge in [-0.1, -0.05) is 66.7 Å². The lowest BCUT2D eigenvalue weighted by molar-refractivity contribution is 1.26. The van der Waals surface area contributed by atoms with Gasteiger partial charge in [0.1, 0.15) is 0 Å². The Bertz CT molecular complexity index is 547. The van der Waals surface area contributed by atoms with Crippen molar-refractivity contribution in [2.24, 2.45) is 0 Å². The van der Waals surface area contributed by atoms with Crippen molar-refractivity contribution in [3.63, 3.8) is 0 Å². The maximum absolute atomic E-state index is 8.65. The average Bonchev–Trinajstić information content (AvgIpc) is 2.39. The van der Waals surface area contributed by atoms with E-state index in [9.17, 15) is 0 Å². The van der Waals surface area contributed by atoms with Crippen molar-refractivity contribution in [1.82, 2.24) is 0 Å². The second-order valence-electron chi connectivity index (χ2n) is 3.82. The van der Waals surface area contributed by atoms with Gasteiger partial charge in [-0.3, -0.25) is 0 Å². The van der Waals surface area contributed by atoms with Gasteiger partial charge in [0, 0.05) is 0 Å². The van der Waals surface area contributed by atoms with Crippen molar-refractivity contribution >= 4 is 12.2 Å². The molecule has 0 saturated carbocycles. The Morgan fingerprint density at radius 1 is 0.882 bits per heavy atom. The third kappa shape index (κ3) is 3.32.